The first-order chi connectivity index (χ1) is 12.1. The van der Waals surface area contributed by atoms with E-state index in [0.717, 1.165) is 17.1 Å². The SMILES string of the molecule is COc1ccc(OCC(=O)NCCOc2ccccc2C(C)C)cc1. The second-order valence-electron chi connectivity index (χ2n) is 5.86. The highest BCUT2D eigenvalue weighted by molar-refractivity contribution is 5.77. The number of carbonyl (C=O) groups is 1. The molecule has 0 heterocycles. The molecule has 0 atom stereocenters. The predicted octanol–water partition coefficient (Wildman–Crippen LogP) is 3.39. The van der Waals surface area contributed by atoms with Gasteiger partial charge in [0.1, 0.15) is 23.9 Å². The molecule has 1 N–H and O–H groups in total. The van der Waals surface area contributed by atoms with E-state index in [-0.39, 0.29) is 12.5 Å². The largest absolute Gasteiger partial charge is 0.497 e. The van der Waals surface area contributed by atoms with Gasteiger partial charge in [-0.2, -0.15) is 0 Å². The summed E-state index contributed by atoms with van der Waals surface area (Å²) >= 11 is 0. The Hall–Kier alpha value is -2.69. The molecule has 134 valence electrons. The van der Waals surface area contributed by atoms with E-state index in [9.17, 15) is 4.79 Å². The zero-order chi connectivity index (χ0) is 18.1. The maximum Gasteiger partial charge on any atom is 0.258 e. The van der Waals surface area contributed by atoms with Gasteiger partial charge in [0.25, 0.3) is 5.91 Å². The van der Waals surface area contributed by atoms with Crippen LogP contribution < -0.4 is 19.5 Å². The van der Waals surface area contributed by atoms with Crippen LogP contribution in [0.2, 0.25) is 0 Å². The minimum absolute atomic E-state index is 0.0328. The molecule has 2 aromatic rings. The van der Waals surface area contributed by atoms with Crippen molar-refractivity contribution in [1.29, 1.82) is 0 Å². The molecule has 0 fully saturated rings. The molecule has 0 unspecified atom stereocenters. The Labute approximate surface area is 148 Å². The highest BCUT2D eigenvalue weighted by Crippen LogP contribution is 2.25. The summed E-state index contributed by atoms with van der Waals surface area (Å²) in [5.41, 5.74) is 1.16. The normalized spacial score (nSPS) is 10.4. The van der Waals surface area contributed by atoms with Crippen LogP contribution >= 0.6 is 0 Å². The molecule has 0 radical (unpaired) electrons. The van der Waals surface area contributed by atoms with E-state index >= 15 is 0 Å². The third kappa shape index (κ3) is 6.03. The number of benzene rings is 2. The van der Waals surface area contributed by atoms with Crippen molar-refractivity contribution in [2.75, 3.05) is 26.9 Å². The number of carbonyl (C=O) groups excluding carboxylic acids is 1. The molecule has 1 amide bonds. The van der Waals surface area contributed by atoms with Crippen LogP contribution in [0.5, 0.6) is 17.2 Å². The van der Waals surface area contributed by atoms with Crippen molar-refractivity contribution in [3.8, 4) is 17.2 Å². The lowest BCUT2D eigenvalue weighted by Gasteiger charge is -2.14. The van der Waals surface area contributed by atoms with Gasteiger partial charge in [0.2, 0.25) is 0 Å². The van der Waals surface area contributed by atoms with Crippen LogP contribution in [0.4, 0.5) is 0 Å². The predicted molar refractivity (Wildman–Crippen MR) is 97.5 cm³/mol. The van der Waals surface area contributed by atoms with Crippen LogP contribution in [0.1, 0.15) is 25.3 Å². The van der Waals surface area contributed by atoms with E-state index in [0.29, 0.717) is 24.8 Å². The van der Waals surface area contributed by atoms with Crippen LogP contribution in [0.15, 0.2) is 48.5 Å². The Morgan fingerprint density at radius 2 is 1.68 bits per heavy atom. The molecule has 5 heteroatoms. The molecule has 2 aromatic carbocycles. The number of hydrogen-bond donors (Lipinski definition) is 1. The molecule has 0 aliphatic heterocycles. The zero-order valence-corrected chi connectivity index (χ0v) is 15.0. The van der Waals surface area contributed by atoms with E-state index in [1.807, 2.05) is 18.2 Å². The molecule has 25 heavy (non-hydrogen) atoms. The van der Waals surface area contributed by atoms with E-state index in [2.05, 4.69) is 25.2 Å². The monoisotopic (exact) mass is 343 g/mol. The number of para-hydroxylation sites is 1. The summed E-state index contributed by atoms with van der Waals surface area (Å²) in [7, 11) is 1.60. The number of ether oxygens (including phenoxy) is 3. The lowest BCUT2D eigenvalue weighted by Crippen LogP contribution is -2.32. The summed E-state index contributed by atoms with van der Waals surface area (Å²) in [6, 6.07) is 15.0. The molecule has 0 spiro atoms. The van der Waals surface area contributed by atoms with Crippen molar-refractivity contribution in [2.45, 2.75) is 19.8 Å². The van der Waals surface area contributed by atoms with Crippen molar-refractivity contribution in [3.63, 3.8) is 0 Å². The fraction of sp³-hybridized carbons (Fsp3) is 0.350. The Balaban J connectivity index is 1.68. The molecular weight excluding hydrogens is 318 g/mol. The summed E-state index contributed by atoms with van der Waals surface area (Å²) in [4.78, 5) is 11.8. The quantitative estimate of drug-likeness (QED) is 0.709. The first-order valence-electron chi connectivity index (χ1n) is 8.35. The average Bonchev–Trinajstić information content (AvgIpc) is 2.64. The Morgan fingerprint density at radius 3 is 2.36 bits per heavy atom. The molecule has 0 saturated heterocycles. The van der Waals surface area contributed by atoms with Gasteiger partial charge in [0.05, 0.1) is 13.7 Å². The molecule has 5 nitrogen and oxygen atoms in total. The molecule has 0 aliphatic carbocycles. The maximum absolute atomic E-state index is 11.8. The van der Waals surface area contributed by atoms with Gasteiger partial charge in [-0.3, -0.25) is 4.79 Å². The van der Waals surface area contributed by atoms with Crippen molar-refractivity contribution in [2.24, 2.45) is 0 Å². The third-order valence-corrected chi connectivity index (χ3v) is 3.65. The topological polar surface area (TPSA) is 56.8 Å². The van der Waals surface area contributed by atoms with Gasteiger partial charge in [-0.15, -0.1) is 0 Å². The van der Waals surface area contributed by atoms with Crippen molar-refractivity contribution in [3.05, 3.63) is 54.1 Å². The van der Waals surface area contributed by atoms with Crippen LogP contribution in [-0.2, 0) is 4.79 Å². The third-order valence-electron chi connectivity index (χ3n) is 3.65. The summed E-state index contributed by atoms with van der Waals surface area (Å²) < 4.78 is 16.3. The fourth-order valence-electron chi connectivity index (χ4n) is 2.31. The minimum Gasteiger partial charge on any atom is -0.497 e. The van der Waals surface area contributed by atoms with Gasteiger partial charge in [-0.25, -0.2) is 0 Å². The van der Waals surface area contributed by atoms with Gasteiger partial charge >= 0.3 is 0 Å². The van der Waals surface area contributed by atoms with Crippen LogP contribution in [0, 0.1) is 0 Å². The molecule has 0 bridgehead atoms. The Bertz CT molecular complexity index is 668. The van der Waals surface area contributed by atoms with E-state index < -0.39 is 0 Å². The van der Waals surface area contributed by atoms with E-state index in [1.165, 1.54) is 0 Å². The first kappa shape index (κ1) is 18.6. The summed E-state index contributed by atoms with van der Waals surface area (Å²) in [5, 5.41) is 2.78. The second-order valence-corrected chi connectivity index (χ2v) is 5.86. The second kappa shape index (κ2) is 9.57. The standard InChI is InChI=1S/C20H25NO4/c1-15(2)18-6-4-5-7-19(18)24-13-12-21-20(22)14-25-17-10-8-16(23-3)9-11-17/h4-11,15H,12-14H2,1-3H3,(H,21,22). The smallest absolute Gasteiger partial charge is 0.258 e. The molecule has 0 saturated carbocycles. The van der Waals surface area contributed by atoms with Crippen LogP contribution in [0.25, 0.3) is 0 Å². The fourth-order valence-corrected chi connectivity index (χ4v) is 2.31. The number of nitrogens with one attached hydrogen (secondary N) is 1. The highest BCUT2D eigenvalue weighted by Gasteiger charge is 2.07. The maximum atomic E-state index is 11.8. The van der Waals surface area contributed by atoms with Gasteiger partial charge in [-0.1, -0.05) is 32.0 Å². The number of hydrogen-bond acceptors (Lipinski definition) is 4. The van der Waals surface area contributed by atoms with Crippen LogP contribution in [-0.4, -0.2) is 32.8 Å². The number of rotatable bonds is 9. The zero-order valence-electron chi connectivity index (χ0n) is 15.0. The van der Waals surface area contributed by atoms with Crippen molar-refractivity contribution >= 4 is 5.91 Å². The lowest BCUT2D eigenvalue weighted by molar-refractivity contribution is -0.123. The van der Waals surface area contributed by atoms with E-state index in [4.69, 9.17) is 14.2 Å². The molecular formula is C20H25NO4. The first-order valence-corrected chi connectivity index (χ1v) is 8.35. The molecule has 2 rings (SSSR count). The van der Waals surface area contributed by atoms with Crippen LogP contribution in [0.3, 0.4) is 0 Å². The number of methoxy groups -OCH3 is 1. The Kier molecular flexibility index (Phi) is 7.14. The number of amides is 1. The molecule has 0 aromatic heterocycles. The van der Waals surface area contributed by atoms with E-state index in [1.54, 1.807) is 31.4 Å². The summed E-state index contributed by atoms with van der Waals surface area (Å²) in [6.45, 7) is 5.06. The average molecular weight is 343 g/mol. The highest BCUT2D eigenvalue weighted by atomic mass is 16.5. The summed E-state index contributed by atoms with van der Waals surface area (Å²) in [6.07, 6.45) is 0. The molecule has 0 aliphatic rings. The minimum atomic E-state index is -0.184. The van der Waals surface area contributed by atoms with Gasteiger partial charge in [-0.05, 0) is 41.8 Å². The lowest BCUT2D eigenvalue weighted by atomic mass is 10.0. The van der Waals surface area contributed by atoms with Crippen molar-refractivity contribution in [1.82, 2.24) is 5.32 Å². The Morgan fingerprint density at radius 1 is 1.00 bits per heavy atom. The van der Waals surface area contributed by atoms with Crippen molar-refractivity contribution < 1.29 is 19.0 Å². The van der Waals surface area contributed by atoms with Gasteiger partial charge < -0.3 is 19.5 Å². The van der Waals surface area contributed by atoms with Gasteiger partial charge in [0.15, 0.2) is 6.61 Å². The summed E-state index contributed by atoms with van der Waals surface area (Å²) in [5.74, 6) is 2.44. The van der Waals surface area contributed by atoms with Gasteiger partial charge in [0, 0.05) is 0 Å².